The summed E-state index contributed by atoms with van der Waals surface area (Å²) < 4.78 is 0. The Morgan fingerprint density at radius 1 is 1.06 bits per heavy atom. The van der Waals surface area contributed by atoms with Crippen LogP contribution in [0.5, 0.6) is 0 Å². The molecule has 3 rings (SSSR count). The molecule has 0 aromatic heterocycles. The van der Waals surface area contributed by atoms with Crippen LogP contribution in [0.2, 0.25) is 0 Å². The van der Waals surface area contributed by atoms with Crippen LogP contribution < -0.4 is 5.32 Å². The van der Waals surface area contributed by atoms with Crippen molar-refractivity contribution in [3.63, 3.8) is 0 Å². The summed E-state index contributed by atoms with van der Waals surface area (Å²) in [6.07, 6.45) is 5.26. The van der Waals surface area contributed by atoms with E-state index in [0.29, 0.717) is 6.04 Å². The lowest BCUT2D eigenvalue weighted by atomic mass is 9.87. The van der Waals surface area contributed by atoms with Crippen LogP contribution in [0.3, 0.4) is 0 Å². The maximum absolute atomic E-state index is 3.50. The minimum absolute atomic E-state index is 0.680. The van der Waals surface area contributed by atoms with E-state index in [0.717, 1.165) is 6.54 Å². The van der Waals surface area contributed by atoms with Crippen LogP contribution in [0.15, 0.2) is 24.3 Å². The van der Waals surface area contributed by atoms with Crippen LogP contribution in [0.4, 0.5) is 0 Å². The summed E-state index contributed by atoms with van der Waals surface area (Å²) in [6.45, 7) is 4.80. The van der Waals surface area contributed by atoms with Crippen molar-refractivity contribution in [2.24, 2.45) is 0 Å². The zero-order valence-corrected chi connectivity index (χ0v) is 10.5. The molecule has 1 aromatic rings. The van der Waals surface area contributed by atoms with Crippen LogP contribution in [0, 0.1) is 0 Å². The molecule has 1 aliphatic carbocycles. The first-order valence-corrected chi connectivity index (χ1v) is 6.98. The summed E-state index contributed by atoms with van der Waals surface area (Å²) in [7, 11) is 0. The first-order valence-electron chi connectivity index (χ1n) is 6.98. The van der Waals surface area contributed by atoms with E-state index < -0.39 is 0 Å². The van der Waals surface area contributed by atoms with Gasteiger partial charge in [-0.05, 0) is 43.4 Å². The Kier molecular flexibility index (Phi) is 3.44. The fourth-order valence-corrected chi connectivity index (χ4v) is 3.29. The van der Waals surface area contributed by atoms with Gasteiger partial charge in [0, 0.05) is 25.7 Å². The number of hydrogen-bond acceptors (Lipinski definition) is 2. The van der Waals surface area contributed by atoms with E-state index in [-0.39, 0.29) is 0 Å². The van der Waals surface area contributed by atoms with E-state index in [1.807, 2.05) is 0 Å². The number of rotatable bonds is 1. The third-order valence-electron chi connectivity index (χ3n) is 4.15. The molecule has 1 heterocycles. The van der Waals surface area contributed by atoms with E-state index in [2.05, 4.69) is 34.5 Å². The van der Waals surface area contributed by atoms with E-state index in [1.54, 1.807) is 11.1 Å². The number of hydrogen-bond donors (Lipinski definition) is 1. The normalized spacial score (nSPS) is 26.2. The maximum Gasteiger partial charge on any atom is 0.0351 e. The molecule has 0 radical (unpaired) electrons. The Hall–Kier alpha value is -0.860. The van der Waals surface area contributed by atoms with Crippen molar-refractivity contribution >= 4 is 0 Å². The van der Waals surface area contributed by atoms with Crippen molar-refractivity contribution < 1.29 is 0 Å². The predicted octanol–water partition coefficient (Wildman–Crippen LogP) is 2.36. The molecule has 1 saturated heterocycles. The van der Waals surface area contributed by atoms with E-state index in [1.165, 1.54) is 45.3 Å². The van der Waals surface area contributed by atoms with Gasteiger partial charge in [0.05, 0.1) is 0 Å². The van der Waals surface area contributed by atoms with Gasteiger partial charge >= 0.3 is 0 Å². The molecule has 1 aliphatic heterocycles. The average molecular weight is 230 g/mol. The third-order valence-corrected chi connectivity index (χ3v) is 4.15. The first-order chi connectivity index (χ1) is 8.45. The molecule has 2 aliphatic rings. The summed E-state index contributed by atoms with van der Waals surface area (Å²) in [4.78, 5) is 2.69. The molecular formula is C15H22N2. The zero-order valence-electron chi connectivity index (χ0n) is 10.5. The molecule has 1 fully saturated rings. The van der Waals surface area contributed by atoms with E-state index in [4.69, 9.17) is 0 Å². The van der Waals surface area contributed by atoms with Gasteiger partial charge < -0.3 is 5.32 Å². The largest absolute Gasteiger partial charge is 0.315 e. The highest BCUT2D eigenvalue weighted by Gasteiger charge is 2.25. The van der Waals surface area contributed by atoms with Gasteiger partial charge in [-0.1, -0.05) is 24.3 Å². The molecule has 1 aromatic carbocycles. The SMILES string of the molecule is c1ccc2c(c1)CCC[C@H]2N1CCCNCC1. The highest BCUT2D eigenvalue weighted by molar-refractivity contribution is 5.32. The lowest BCUT2D eigenvalue weighted by molar-refractivity contribution is 0.190. The van der Waals surface area contributed by atoms with Gasteiger partial charge in [-0.15, -0.1) is 0 Å². The van der Waals surface area contributed by atoms with Crippen LogP contribution >= 0.6 is 0 Å². The highest BCUT2D eigenvalue weighted by Crippen LogP contribution is 2.34. The number of nitrogens with zero attached hydrogens (tertiary/aromatic N) is 1. The number of aryl methyl sites for hydroxylation is 1. The van der Waals surface area contributed by atoms with Gasteiger partial charge in [0.1, 0.15) is 0 Å². The van der Waals surface area contributed by atoms with Crippen molar-refractivity contribution in [1.82, 2.24) is 10.2 Å². The second-order valence-corrected chi connectivity index (χ2v) is 5.25. The Morgan fingerprint density at radius 2 is 2.00 bits per heavy atom. The van der Waals surface area contributed by atoms with E-state index >= 15 is 0 Å². The zero-order chi connectivity index (χ0) is 11.5. The summed E-state index contributed by atoms with van der Waals surface area (Å²) in [6, 6.07) is 9.73. The Morgan fingerprint density at radius 3 is 3.00 bits per heavy atom. The van der Waals surface area contributed by atoms with Crippen LogP contribution in [-0.2, 0) is 6.42 Å². The molecule has 0 unspecified atom stereocenters. The molecule has 17 heavy (non-hydrogen) atoms. The molecule has 0 saturated carbocycles. The Labute approximate surface area is 104 Å². The van der Waals surface area contributed by atoms with Crippen molar-refractivity contribution in [2.75, 3.05) is 26.2 Å². The Bertz CT molecular complexity index is 367. The predicted molar refractivity (Wildman–Crippen MR) is 71.2 cm³/mol. The molecule has 1 atom stereocenters. The Balaban J connectivity index is 1.83. The lowest BCUT2D eigenvalue weighted by Crippen LogP contribution is -2.34. The molecular weight excluding hydrogens is 208 g/mol. The average Bonchev–Trinajstić information content (AvgIpc) is 2.67. The third kappa shape index (κ3) is 2.38. The number of fused-ring (bicyclic) bond motifs is 1. The number of benzene rings is 1. The van der Waals surface area contributed by atoms with Crippen molar-refractivity contribution in [1.29, 1.82) is 0 Å². The minimum Gasteiger partial charge on any atom is -0.315 e. The molecule has 1 N–H and O–H groups in total. The van der Waals surface area contributed by atoms with Gasteiger partial charge in [0.2, 0.25) is 0 Å². The smallest absolute Gasteiger partial charge is 0.0351 e. The first kappa shape index (κ1) is 11.2. The molecule has 0 bridgehead atoms. The van der Waals surface area contributed by atoms with Gasteiger partial charge in [-0.25, -0.2) is 0 Å². The standard InChI is InChI=1S/C15H22N2/c1-2-7-14-13(5-1)6-3-8-15(14)17-11-4-9-16-10-12-17/h1-2,5,7,15-16H,3-4,6,8-12H2/t15-/m1/s1. The monoisotopic (exact) mass is 230 g/mol. The minimum atomic E-state index is 0.680. The molecule has 2 heteroatoms. The molecule has 2 nitrogen and oxygen atoms in total. The topological polar surface area (TPSA) is 15.3 Å². The van der Waals surface area contributed by atoms with Crippen molar-refractivity contribution in [2.45, 2.75) is 31.7 Å². The second-order valence-electron chi connectivity index (χ2n) is 5.25. The van der Waals surface area contributed by atoms with Crippen LogP contribution in [0.1, 0.15) is 36.4 Å². The van der Waals surface area contributed by atoms with Crippen molar-refractivity contribution in [3.8, 4) is 0 Å². The van der Waals surface area contributed by atoms with Crippen LogP contribution in [-0.4, -0.2) is 31.1 Å². The van der Waals surface area contributed by atoms with Gasteiger partial charge in [-0.3, -0.25) is 4.90 Å². The van der Waals surface area contributed by atoms with Gasteiger partial charge in [-0.2, -0.15) is 0 Å². The second kappa shape index (κ2) is 5.19. The summed E-state index contributed by atoms with van der Waals surface area (Å²) in [5, 5.41) is 3.50. The highest BCUT2D eigenvalue weighted by atomic mass is 15.2. The van der Waals surface area contributed by atoms with Gasteiger partial charge in [0.15, 0.2) is 0 Å². The molecule has 0 amide bonds. The lowest BCUT2D eigenvalue weighted by Gasteiger charge is -2.35. The number of nitrogens with one attached hydrogen (secondary N) is 1. The van der Waals surface area contributed by atoms with Crippen molar-refractivity contribution in [3.05, 3.63) is 35.4 Å². The molecule has 0 spiro atoms. The van der Waals surface area contributed by atoms with Crippen LogP contribution in [0.25, 0.3) is 0 Å². The summed E-state index contributed by atoms with van der Waals surface area (Å²) in [5.74, 6) is 0. The van der Waals surface area contributed by atoms with E-state index in [9.17, 15) is 0 Å². The molecule has 92 valence electrons. The quantitative estimate of drug-likeness (QED) is 0.797. The fraction of sp³-hybridized carbons (Fsp3) is 0.600. The van der Waals surface area contributed by atoms with Gasteiger partial charge in [0.25, 0.3) is 0 Å². The fourth-order valence-electron chi connectivity index (χ4n) is 3.29. The maximum atomic E-state index is 3.50. The summed E-state index contributed by atoms with van der Waals surface area (Å²) >= 11 is 0. The summed E-state index contributed by atoms with van der Waals surface area (Å²) in [5.41, 5.74) is 3.18.